The van der Waals surface area contributed by atoms with Gasteiger partial charge in [0.05, 0.1) is 5.25 Å². The summed E-state index contributed by atoms with van der Waals surface area (Å²) < 4.78 is 0. The molecule has 0 saturated carbocycles. The van der Waals surface area contributed by atoms with Gasteiger partial charge in [0.15, 0.2) is 0 Å². The minimum Gasteiger partial charge on any atom is -0.118 e. The van der Waals surface area contributed by atoms with Crippen LogP contribution in [0.4, 0.5) is 0 Å². The minimum absolute atomic E-state index is 0.602. The van der Waals surface area contributed by atoms with Gasteiger partial charge in [0.1, 0.15) is 0 Å². The fraction of sp³-hybridized carbons (Fsp3) is 0.250. The Kier molecular flexibility index (Phi) is 1.06. The van der Waals surface area contributed by atoms with Crippen LogP contribution in [-0.4, -0.2) is 5.25 Å². The van der Waals surface area contributed by atoms with E-state index in [-0.39, 0.29) is 0 Å². The molecule has 1 heterocycles. The Morgan fingerprint density at radius 3 is 3.33 bits per heavy atom. The number of hydrogen-bond donors (Lipinski definition) is 0. The summed E-state index contributed by atoms with van der Waals surface area (Å²) in [5, 5.41) is 0.602. The highest BCUT2D eigenvalue weighted by atomic mass is 32.2. The van der Waals surface area contributed by atoms with Crippen molar-refractivity contribution in [2.75, 3.05) is 0 Å². The molecule has 1 heteroatoms. The van der Waals surface area contributed by atoms with Gasteiger partial charge in [-0.3, -0.25) is 0 Å². The molecular weight excluding hydrogens is 128 g/mol. The van der Waals surface area contributed by atoms with Crippen LogP contribution in [0.5, 0.6) is 0 Å². The van der Waals surface area contributed by atoms with Crippen molar-refractivity contribution in [1.82, 2.24) is 0 Å². The molecule has 1 radical (unpaired) electrons. The summed E-state index contributed by atoms with van der Waals surface area (Å²) in [6, 6.07) is 0. The molecular formula is C8H7S. The molecule has 1 aliphatic carbocycles. The standard InChI is InChI=1S/C8H7S/c1-6-5-7-3-2-4-8(7)9-6/h2-4,8H,1H3. The first-order valence-electron chi connectivity index (χ1n) is 3.02. The smallest absolute Gasteiger partial charge is 0.0530 e. The number of allylic oxidation sites excluding steroid dienone is 4. The Morgan fingerprint density at radius 1 is 1.67 bits per heavy atom. The summed E-state index contributed by atoms with van der Waals surface area (Å²) in [5.74, 6) is 0. The van der Waals surface area contributed by atoms with Crippen LogP contribution in [0.1, 0.15) is 6.92 Å². The van der Waals surface area contributed by atoms with E-state index < -0.39 is 0 Å². The third-order valence-corrected chi connectivity index (χ3v) is 2.61. The van der Waals surface area contributed by atoms with Gasteiger partial charge >= 0.3 is 0 Å². The molecule has 0 bridgehead atoms. The zero-order chi connectivity index (χ0) is 6.27. The monoisotopic (exact) mass is 135 g/mol. The summed E-state index contributed by atoms with van der Waals surface area (Å²) in [5.41, 5.74) is 1.34. The maximum atomic E-state index is 3.29. The van der Waals surface area contributed by atoms with Gasteiger partial charge in [-0.2, -0.15) is 0 Å². The van der Waals surface area contributed by atoms with E-state index in [0.29, 0.717) is 5.25 Å². The first kappa shape index (κ1) is 5.36. The number of hydrogen-bond acceptors (Lipinski definition) is 1. The van der Waals surface area contributed by atoms with Crippen molar-refractivity contribution in [2.24, 2.45) is 0 Å². The predicted molar refractivity (Wildman–Crippen MR) is 41.0 cm³/mol. The van der Waals surface area contributed by atoms with Crippen molar-refractivity contribution in [1.29, 1.82) is 0 Å². The molecule has 2 rings (SSSR count). The van der Waals surface area contributed by atoms with Gasteiger partial charge in [0, 0.05) is 0 Å². The lowest BCUT2D eigenvalue weighted by atomic mass is 10.2. The van der Waals surface area contributed by atoms with Gasteiger partial charge < -0.3 is 0 Å². The molecule has 2 aliphatic rings. The maximum Gasteiger partial charge on any atom is 0.0530 e. The molecule has 1 aliphatic heterocycles. The second-order valence-electron chi connectivity index (χ2n) is 2.23. The molecule has 1 unspecified atom stereocenters. The normalized spacial score (nSPS) is 30.1. The largest absolute Gasteiger partial charge is 0.118 e. The average Bonchev–Trinajstić information content (AvgIpc) is 2.22. The van der Waals surface area contributed by atoms with Crippen LogP contribution in [0.25, 0.3) is 0 Å². The zero-order valence-corrected chi connectivity index (χ0v) is 6.03. The molecule has 0 nitrogen and oxygen atoms in total. The van der Waals surface area contributed by atoms with Gasteiger partial charge in [-0.15, -0.1) is 11.8 Å². The Bertz CT molecular complexity index is 218. The molecule has 9 heavy (non-hydrogen) atoms. The van der Waals surface area contributed by atoms with Crippen molar-refractivity contribution in [2.45, 2.75) is 12.2 Å². The molecule has 0 spiro atoms. The van der Waals surface area contributed by atoms with Crippen molar-refractivity contribution in [3.8, 4) is 0 Å². The Hall–Kier alpha value is -0.430. The lowest BCUT2D eigenvalue weighted by Crippen LogP contribution is -1.89. The lowest BCUT2D eigenvalue weighted by molar-refractivity contribution is 1.36. The van der Waals surface area contributed by atoms with Crippen LogP contribution in [0.3, 0.4) is 0 Å². The van der Waals surface area contributed by atoms with E-state index in [1.54, 1.807) is 0 Å². The molecule has 1 atom stereocenters. The van der Waals surface area contributed by atoms with E-state index in [1.807, 2.05) is 11.8 Å². The lowest BCUT2D eigenvalue weighted by Gasteiger charge is -1.97. The van der Waals surface area contributed by atoms with Crippen LogP contribution in [0, 0.1) is 6.08 Å². The Morgan fingerprint density at radius 2 is 2.56 bits per heavy atom. The molecule has 0 aromatic carbocycles. The number of fused-ring (bicyclic) bond motifs is 1. The predicted octanol–water partition coefficient (Wildman–Crippen LogP) is 2.30. The van der Waals surface area contributed by atoms with Crippen molar-refractivity contribution >= 4 is 11.8 Å². The minimum atomic E-state index is 0.602. The summed E-state index contributed by atoms with van der Waals surface area (Å²) in [6.07, 6.45) is 9.74. The van der Waals surface area contributed by atoms with Crippen LogP contribution in [0.2, 0.25) is 0 Å². The SMILES string of the molecule is CC1=[C]C2=CC=CC2S1. The van der Waals surface area contributed by atoms with E-state index in [4.69, 9.17) is 0 Å². The number of rotatable bonds is 0. The van der Waals surface area contributed by atoms with E-state index in [9.17, 15) is 0 Å². The van der Waals surface area contributed by atoms with Crippen LogP contribution < -0.4 is 0 Å². The molecule has 45 valence electrons. The van der Waals surface area contributed by atoms with Gasteiger partial charge in [-0.1, -0.05) is 18.2 Å². The average molecular weight is 135 g/mol. The van der Waals surface area contributed by atoms with Crippen LogP contribution >= 0.6 is 11.8 Å². The summed E-state index contributed by atoms with van der Waals surface area (Å²) in [7, 11) is 0. The molecule has 0 aromatic rings. The molecule has 0 amide bonds. The molecule has 0 saturated heterocycles. The summed E-state index contributed by atoms with van der Waals surface area (Å²) in [6.45, 7) is 2.11. The van der Waals surface area contributed by atoms with Crippen molar-refractivity contribution < 1.29 is 0 Å². The molecule has 0 aromatic heterocycles. The zero-order valence-electron chi connectivity index (χ0n) is 5.22. The van der Waals surface area contributed by atoms with Gasteiger partial charge in [-0.05, 0) is 23.5 Å². The second-order valence-corrected chi connectivity index (χ2v) is 3.58. The fourth-order valence-electron chi connectivity index (χ4n) is 1.10. The van der Waals surface area contributed by atoms with Gasteiger partial charge in [0.25, 0.3) is 0 Å². The van der Waals surface area contributed by atoms with E-state index in [0.717, 1.165) is 0 Å². The summed E-state index contributed by atoms with van der Waals surface area (Å²) in [4.78, 5) is 1.32. The van der Waals surface area contributed by atoms with E-state index in [2.05, 4.69) is 31.2 Å². The fourth-order valence-corrected chi connectivity index (χ4v) is 2.09. The van der Waals surface area contributed by atoms with Crippen molar-refractivity contribution in [3.63, 3.8) is 0 Å². The first-order valence-corrected chi connectivity index (χ1v) is 3.90. The number of thioether (sulfide) groups is 1. The Labute approximate surface area is 59.3 Å². The highest BCUT2D eigenvalue weighted by Crippen LogP contribution is 2.38. The maximum absolute atomic E-state index is 3.29. The van der Waals surface area contributed by atoms with Gasteiger partial charge in [-0.25, -0.2) is 0 Å². The van der Waals surface area contributed by atoms with Crippen LogP contribution in [0.15, 0.2) is 28.7 Å². The molecule has 0 fully saturated rings. The first-order chi connectivity index (χ1) is 4.36. The quantitative estimate of drug-likeness (QED) is 0.491. The third kappa shape index (κ3) is 0.761. The van der Waals surface area contributed by atoms with Crippen LogP contribution in [-0.2, 0) is 0 Å². The Balaban J connectivity index is 2.35. The topological polar surface area (TPSA) is 0 Å². The van der Waals surface area contributed by atoms with Crippen molar-refractivity contribution in [3.05, 3.63) is 34.8 Å². The van der Waals surface area contributed by atoms with E-state index in [1.165, 1.54) is 10.5 Å². The third-order valence-electron chi connectivity index (χ3n) is 1.49. The van der Waals surface area contributed by atoms with E-state index >= 15 is 0 Å². The summed E-state index contributed by atoms with van der Waals surface area (Å²) >= 11 is 1.89. The van der Waals surface area contributed by atoms with Gasteiger partial charge in [0.2, 0.25) is 0 Å². The highest BCUT2D eigenvalue weighted by Gasteiger charge is 2.20. The second kappa shape index (κ2) is 1.77. The highest BCUT2D eigenvalue weighted by molar-refractivity contribution is 8.04. The molecule has 0 N–H and O–H groups in total.